The van der Waals surface area contributed by atoms with E-state index in [-0.39, 0.29) is 5.92 Å². The molecule has 0 atom stereocenters. The number of rotatable bonds is 5. The van der Waals surface area contributed by atoms with Crippen LogP contribution in [0.4, 0.5) is 0 Å². The fourth-order valence-corrected chi connectivity index (χ4v) is 2.63. The Morgan fingerprint density at radius 1 is 1.43 bits per heavy atom. The quantitative estimate of drug-likeness (QED) is 0.880. The lowest BCUT2D eigenvalue weighted by Crippen LogP contribution is -2.29. The molecule has 1 aliphatic carbocycles. The highest BCUT2D eigenvalue weighted by atomic mass is 35.5. The molecule has 0 unspecified atom stereocenters. The zero-order valence-electron chi connectivity index (χ0n) is 12.5. The average Bonchev–Trinajstić information content (AvgIpc) is 3.26. The molecule has 0 radical (unpaired) electrons. The number of carboxylic acids is 1. The van der Waals surface area contributed by atoms with E-state index in [1.807, 2.05) is 25.1 Å². The number of amides is 1. The molecular weight excluding hydrogens is 318 g/mol. The standard InChI is InChI=1S/C16H16ClN3O3/c1-9-2-5-11(6-13(9)17)20-15(10-3-4-10)12(7-19-20)16(23)18-8-14(21)22/h2,5-7,10H,3-4,8H2,1H3,(H,18,23)(H,21,22). The Hall–Kier alpha value is -2.34. The zero-order valence-corrected chi connectivity index (χ0v) is 13.3. The van der Waals surface area contributed by atoms with E-state index in [1.165, 1.54) is 6.20 Å². The normalized spacial score (nSPS) is 13.8. The lowest BCUT2D eigenvalue weighted by molar-refractivity contribution is -0.135. The molecule has 1 aromatic heterocycles. The van der Waals surface area contributed by atoms with Gasteiger partial charge in [-0.15, -0.1) is 0 Å². The molecule has 1 amide bonds. The van der Waals surface area contributed by atoms with Gasteiger partial charge in [-0.2, -0.15) is 5.10 Å². The maximum absolute atomic E-state index is 12.2. The molecule has 23 heavy (non-hydrogen) atoms. The minimum atomic E-state index is -1.08. The van der Waals surface area contributed by atoms with Gasteiger partial charge in [-0.25, -0.2) is 4.68 Å². The van der Waals surface area contributed by atoms with Gasteiger partial charge < -0.3 is 10.4 Å². The van der Waals surface area contributed by atoms with Gasteiger partial charge in [0.2, 0.25) is 0 Å². The van der Waals surface area contributed by atoms with Crippen LogP contribution in [-0.2, 0) is 4.79 Å². The largest absolute Gasteiger partial charge is 0.480 e. The van der Waals surface area contributed by atoms with E-state index in [4.69, 9.17) is 16.7 Å². The van der Waals surface area contributed by atoms with Gasteiger partial charge in [0.05, 0.1) is 23.1 Å². The molecule has 1 heterocycles. The number of halogens is 1. The van der Waals surface area contributed by atoms with Crippen molar-refractivity contribution in [3.05, 3.63) is 46.2 Å². The number of nitrogens with zero attached hydrogens (tertiary/aromatic N) is 2. The van der Waals surface area contributed by atoms with E-state index < -0.39 is 18.4 Å². The Morgan fingerprint density at radius 2 is 2.17 bits per heavy atom. The number of aromatic nitrogens is 2. The third-order valence-electron chi connectivity index (χ3n) is 3.82. The molecule has 6 nitrogen and oxygen atoms in total. The van der Waals surface area contributed by atoms with Crippen LogP contribution in [0, 0.1) is 6.92 Å². The van der Waals surface area contributed by atoms with Crippen LogP contribution in [0.5, 0.6) is 0 Å². The summed E-state index contributed by atoms with van der Waals surface area (Å²) in [6, 6.07) is 5.62. The highest BCUT2D eigenvalue weighted by Crippen LogP contribution is 2.42. The smallest absolute Gasteiger partial charge is 0.322 e. The Balaban J connectivity index is 1.97. The van der Waals surface area contributed by atoms with Crippen molar-refractivity contribution >= 4 is 23.5 Å². The summed E-state index contributed by atoms with van der Waals surface area (Å²) in [6.45, 7) is 1.51. The highest BCUT2D eigenvalue weighted by Gasteiger charge is 2.33. The van der Waals surface area contributed by atoms with Gasteiger partial charge in [0.15, 0.2) is 0 Å². The highest BCUT2D eigenvalue weighted by molar-refractivity contribution is 6.31. The van der Waals surface area contributed by atoms with Crippen LogP contribution in [-0.4, -0.2) is 33.3 Å². The van der Waals surface area contributed by atoms with Crippen molar-refractivity contribution in [2.24, 2.45) is 0 Å². The lowest BCUT2D eigenvalue weighted by Gasteiger charge is -2.10. The molecule has 7 heteroatoms. The molecule has 120 valence electrons. The number of carbonyl (C=O) groups is 2. The number of aryl methyl sites for hydroxylation is 1. The van der Waals surface area contributed by atoms with Crippen molar-refractivity contribution in [1.29, 1.82) is 0 Å². The first-order valence-electron chi connectivity index (χ1n) is 7.32. The molecular formula is C16H16ClN3O3. The molecule has 2 N–H and O–H groups in total. The van der Waals surface area contributed by atoms with Crippen LogP contribution in [0.3, 0.4) is 0 Å². The summed E-state index contributed by atoms with van der Waals surface area (Å²) in [4.78, 5) is 22.8. The molecule has 1 fully saturated rings. The maximum Gasteiger partial charge on any atom is 0.322 e. The maximum atomic E-state index is 12.2. The van der Waals surface area contributed by atoms with Crippen molar-refractivity contribution in [3.63, 3.8) is 0 Å². The number of carbonyl (C=O) groups excluding carboxylic acids is 1. The van der Waals surface area contributed by atoms with Crippen LogP contribution in [0.15, 0.2) is 24.4 Å². The number of hydrogen-bond donors (Lipinski definition) is 2. The predicted octanol–water partition coefficient (Wildman–Crippen LogP) is 2.53. The first-order chi connectivity index (χ1) is 11.0. The number of hydrogen-bond acceptors (Lipinski definition) is 3. The summed E-state index contributed by atoms with van der Waals surface area (Å²) >= 11 is 6.18. The van der Waals surface area contributed by atoms with Crippen LogP contribution >= 0.6 is 11.6 Å². The van der Waals surface area contributed by atoms with Gasteiger partial charge in [-0.1, -0.05) is 17.7 Å². The zero-order chi connectivity index (χ0) is 16.6. The van der Waals surface area contributed by atoms with Crippen molar-refractivity contribution in [2.75, 3.05) is 6.54 Å². The molecule has 0 bridgehead atoms. The summed E-state index contributed by atoms with van der Waals surface area (Å²) in [5.74, 6) is -1.23. The minimum absolute atomic E-state index is 0.267. The van der Waals surface area contributed by atoms with Crippen molar-refractivity contribution in [1.82, 2.24) is 15.1 Å². The van der Waals surface area contributed by atoms with Crippen LogP contribution in [0.25, 0.3) is 5.69 Å². The predicted molar refractivity (Wildman–Crippen MR) is 85.3 cm³/mol. The molecule has 0 saturated heterocycles. The van der Waals surface area contributed by atoms with Crippen molar-refractivity contribution in [3.8, 4) is 5.69 Å². The molecule has 0 aliphatic heterocycles. The Morgan fingerprint density at radius 3 is 2.78 bits per heavy atom. The Bertz CT molecular complexity index is 781. The van der Waals surface area contributed by atoms with Gasteiger partial charge >= 0.3 is 5.97 Å². The fraction of sp³-hybridized carbons (Fsp3) is 0.312. The molecule has 0 spiro atoms. The minimum Gasteiger partial charge on any atom is -0.480 e. The third-order valence-corrected chi connectivity index (χ3v) is 4.22. The summed E-state index contributed by atoms with van der Waals surface area (Å²) in [5, 5.41) is 16.0. The van der Waals surface area contributed by atoms with Gasteiger partial charge in [-0.05, 0) is 37.5 Å². The van der Waals surface area contributed by atoms with Gasteiger partial charge in [-0.3, -0.25) is 9.59 Å². The summed E-state index contributed by atoms with van der Waals surface area (Å²) < 4.78 is 1.72. The number of aliphatic carboxylic acids is 1. The van der Waals surface area contributed by atoms with E-state index >= 15 is 0 Å². The van der Waals surface area contributed by atoms with Crippen molar-refractivity contribution < 1.29 is 14.7 Å². The van der Waals surface area contributed by atoms with Gasteiger partial charge in [0.1, 0.15) is 6.54 Å². The van der Waals surface area contributed by atoms with Gasteiger partial charge in [0.25, 0.3) is 5.91 Å². The van der Waals surface area contributed by atoms with E-state index in [9.17, 15) is 9.59 Å². The van der Waals surface area contributed by atoms with E-state index in [0.29, 0.717) is 10.6 Å². The molecule has 1 aromatic carbocycles. The fourth-order valence-electron chi connectivity index (χ4n) is 2.45. The SMILES string of the molecule is Cc1ccc(-n2ncc(C(=O)NCC(=O)O)c2C2CC2)cc1Cl. The second kappa shape index (κ2) is 6.04. The van der Waals surface area contributed by atoms with Crippen molar-refractivity contribution in [2.45, 2.75) is 25.7 Å². The van der Waals surface area contributed by atoms with E-state index in [1.54, 1.807) is 4.68 Å². The monoisotopic (exact) mass is 333 g/mol. The summed E-state index contributed by atoms with van der Waals surface area (Å²) in [6.07, 6.45) is 3.47. The van der Waals surface area contributed by atoms with Crippen LogP contribution < -0.4 is 5.32 Å². The topological polar surface area (TPSA) is 84.2 Å². The van der Waals surface area contributed by atoms with E-state index in [2.05, 4.69) is 10.4 Å². The Kier molecular flexibility index (Phi) is 4.09. The number of nitrogens with one attached hydrogen (secondary N) is 1. The first kappa shape index (κ1) is 15.6. The van der Waals surface area contributed by atoms with E-state index in [0.717, 1.165) is 29.8 Å². The molecule has 3 rings (SSSR count). The number of carboxylic acid groups (broad SMARTS) is 1. The second-order valence-corrected chi connectivity index (χ2v) is 6.05. The second-order valence-electron chi connectivity index (χ2n) is 5.64. The molecule has 1 aliphatic rings. The molecule has 1 saturated carbocycles. The van der Waals surface area contributed by atoms with Crippen LogP contribution in [0.2, 0.25) is 5.02 Å². The Labute approximate surface area is 138 Å². The average molecular weight is 334 g/mol. The first-order valence-corrected chi connectivity index (χ1v) is 7.69. The summed E-state index contributed by atoms with van der Waals surface area (Å²) in [5.41, 5.74) is 2.99. The number of benzene rings is 1. The van der Waals surface area contributed by atoms with Crippen LogP contribution in [0.1, 0.15) is 40.4 Å². The van der Waals surface area contributed by atoms with Gasteiger partial charge in [0, 0.05) is 10.9 Å². The molecule has 2 aromatic rings. The summed E-state index contributed by atoms with van der Waals surface area (Å²) in [7, 11) is 0. The lowest BCUT2D eigenvalue weighted by atomic mass is 10.1. The third kappa shape index (κ3) is 3.22.